The van der Waals surface area contributed by atoms with Gasteiger partial charge >= 0.3 is 5.97 Å². The molecular weight excluding hydrogens is 292 g/mol. The van der Waals surface area contributed by atoms with E-state index in [1.807, 2.05) is 0 Å². The van der Waals surface area contributed by atoms with Crippen molar-refractivity contribution in [3.63, 3.8) is 0 Å². The van der Waals surface area contributed by atoms with E-state index in [4.69, 9.17) is 9.47 Å². The van der Waals surface area contributed by atoms with E-state index in [0.29, 0.717) is 17.2 Å². The second-order valence-electron chi connectivity index (χ2n) is 5.12. The van der Waals surface area contributed by atoms with E-state index in [-0.39, 0.29) is 5.91 Å². The van der Waals surface area contributed by atoms with E-state index in [1.165, 1.54) is 18.4 Å². The fourth-order valence-electron chi connectivity index (χ4n) is 2.72. The maximum Gasteiger partial charge on any atom is 0.341 e. The highest BCUT2D eigenvalue weighted by Gasteiger charge is 2.29. The molecule has 1 atom stereocenters. The Hall–Kier alpha value is -1.44. The lowest BCUT2D eigenvalue weighted by molar-refractivity contribution is -0.124. The molecule has 2 aliphatic rings. The molecule has 7 heteroatoms. The summed E-state index contributed by atoms with van der Waals surface area (Å²) in [7, 11) is 1.36. The molecule has 0 aromatic carbocycles. The maximum atomic E-state index is 12.2. The van der Waals surface area contributed by atoms with Crippen LogP contribution < -0.4 is 10.6 Å². The van der Waals surface area contributed by atoms with Crippen molar-refractivity contribution in [1.82, 2.24) is 5.32 Å². The van der Waals surface area contributed by atoms with Crippen LogP contribution in [0.25, 0.3) is 0 Å². The van der Waals surface area contributed by atoms with E-state index >= 15 is 0 Å². The molecule has 3 rings (SSSR count). The molecule has 0 bridgehead atoms. The first-order valence-electron chi connectivity index (χ1n) is 7.06. The fourth-order valence-corrected chi connectivity index (χ4v) is 3.93. The van der Waals surface area contributed by atoms with Crippen molar-refractivity contribution in [2.45, 2.75) is 31.9 Å². The minimum absolute atomic E-state index is 0.177. The smallest absolute Gasteiger partial charge is 0.341 e. The quantitative estimate of drug-likeness (QED) is 0.823. The number of carbonyl (C=O) groups excluding carboxylic acids is 2. The van der Waals surface area contributed by atoms with Gasteiger partial charge in [0.15, 0.2) is 0 Å². The minimum atomic E-state index is -0.409. The second-order valence-corrected chi connectivity index (χ2v) is 6.22. The van der Waals surface area contributed by atoms with E-state index in [0.717, 1.165) is 42.8 Å². The molecule has 0 radical (unpaired) electrons. The first-order valence-corrected chi connectivity index (χ1v) is 7.88. The summed E-state index contributed by atoms with van der Waals surface area (Å²) in [6.45, 7) is 2.17. The lowest BCUT2D eigenvalue weighted by atomic mass is 10.0. The van der Waals surface area contributed by atoms with Gasteiger partial charge < -0.3 is 20.1 Å². The highest BCUT2D eigenvalue weighted by atomic mass is 32.1. The van der Waals surface area contributed by atoms with Gasteiger partial charge in [0, 0.05) is 18.0 Å². The van der Waals surface area contributed by atoms with Gasteiger partial charge in [-0.1, -0.05) is 0 Å². The summed E-state index contributed by atoms with van der Waals surface area (Å²) in [5.41, 5.74) is 1.50. The van der Waals surface area contributed by atoms with Crippen molar-refractivity contribution >= 4 is 28.2 Å². The molecule has 6 nitrogen and oxygen atoms in total. The number of carbonyl (C=O) groups is 2. The van der Waals surface area contributed by atoms with Gasteiger partial charge in [0.25, 0.3) is 5.91 Å². The molecule has 2 N–H and O–H groups in total. The van der Waals surface area contributed by atoms with Gasteiger partial charge in [-0.3, -0.25) is 4.79 Å². The van der Waals surface area contributed by atoms with Crippen LogP contribution in [0.1, 0.15) is 33.6 Å². The summed E-state index contributed by atoms with van der Waals surface area (Å²) in [6.07, 6.45) is 1.98. The molecule has 0 saturated carbocycles. The van der Waals surface area contributed by atoms with Crippen molar-refractivity contribution in [2.75, 3.05) is 25.6 Å². The molecule has 1 fully saturated rings. The number of esters is 1. The molecular formula is C14H18N2O4S. The number of methoxy groups -OCH3 is 1. The number of thiophene rings is 1. The van der Waals surface area contributed by atoms with Gasteiger partial charge in [-0.05, 0) is 31.4 Å². The molecule has 21 heavy (non-hydrogen) atoms. The Morgan fingerprint density at radius 1 is 1.48 bits per heavy atom. The van der Waals surface area contributed by atoms with Gasteiger partial charge in [0.1, 0.15) is 11.1 Å². The van der Waals surface area contributed by atoms with Crippen LogP contribution >= 0.6 is 11.3 Å². The molecule has 114 valence electrons. The summed E-state index contributed by atoms with van der Waals surface area (Å²) in [5.74, 6) is -0.568. The van der Waals surface area contributed by atoms with Crippen LogP contribution in [0.4, 0.5) is 5.00 Å². The molecule has 0 spiro atoms. The van der Waals surface area contributed by atoms with Crippen LogP contribution in [0.3, 0.4) is 0 Å². The van der Waals surface area contributed by atoms with Crippen molar-refractivity contribution in [1.29, 1.82) is 0 Å². The molecule has 1 aromatic rings. The minimum Gasteiger partial charge on any atom is -0.465 e. The van der Waals surface area contributed by atoms with Gasteiger partial charge in [-0.25, -0.2) is 4.79 Å². The SMILES string of the molecule is COC(=O)c1c(NC(=O)[C@@H]2CCCO2)sc2c1CCNC2. The third-order valence-electron chi connectivity index (χ3n) is 3.78. The predicted molar refractivity (Wildman–Crippen MR) is 78.7 cm³/mol. The van der Waals surface area contributed by atoms with E-state index in [1.54, 1.807) is 0 Å². The van der Waals surface area contributed by atoms with Crippen molar-refractivity contribution in [2.24, 2.45) is 0 Å². The first-order chi connectivity index (χ1) is 10.2. The standard InChI is InChI=1S/C14H18N2O4S/c1-19-14(18)11-8-4-5-15-7-10(8)21-13(11)16-12(17)9-3-2-6-20-9/h9,15H,2-7H2,1H3,(H,16,17)/t9-/m0/s1. The zero-order chi connectivity index (χ0) is 14.8. The zero-order valence-electron chi connectivity index (χ0n) is 11.9. The summed E-state index contributed by atoms with van der Waals surface area (Å²) in [5, 5.41) is 6.70. The van der Waals surface area contributed by atoms with Gasteiger partial charge in [-0.15, -0.1) is 11.3 Å². The number of amides is 1. The monoisotopic (exact) mass is 310 g/mol. The Morgan fingerprint density at radius 2 is 2.33 bits per heavy atom. The zero-order valence-corrected chi connectivity index (χ0v) is 12.7. The normalized spacial score (nSPS) is 20.9. The molecule has 3 heterocycles. The third-order valence-corrected chi connectivity index (χ3v) is 4.92. The maximum absolute atomic E-state index is 12.2. The van der Waals surface area contributed by atoms with Gasteiger partial charge in [0.2, 0.25) is 0 Å². The highest BCUT2D eigenvalue weighted by Crippen LogP contribution is 2.36. The van der Waals surface area contributed by atoms with Crippen molar-refractivity contribution in [3.05, 3.63) is 16.0 Å². The van der Waals surface area contributed by atoms with Crippen LogP contribution in [0, 0.1) is 0 Å². The summed E-state index contributed by atoms with van der Waals surface area (Å²) >= 11 is 1.44. The Bertz CT molecular complexity index is 564. The van der Waals surface area contributed by atoms with Crippen LogP contribution in [0.5, 0.6) is 0 Å². The summed E-state index contributed by atoms with van der Waals surface area (Å²) in [4.78, 5) is 25.3. The Kier molecular flexibility index (Phi) is 4.23. The van der Waals surface area contributed by atoms with Crippen LogP contribution in [0.15, 0.2) is 0 Å². The number of ether oxygens (including phenoxy) is 2. The molecule has 1 amide bonds. The number of hydrogen-bond donors (Lipinski definition) is 2. The third kappa shape index (κ3) is 2.81. The molecule has 0 unspecified atom stereocenters. The average molecular weight is 310 g/mol. The topological polar surface area (TPSA) is 76.7 Å². The van der Waals surface area contributed by atoms with E-state index < -0.39 is 12.1 Å². The number of rotatable bonds is 3. The fraction of sp³-hybridized carbons (Fsp3) is 0.571. The number of anilines is 1. The predicted octanol–water partition coefficient (Wildman–Crippen LogP) is 1.30. The van der Waals surface area contributed by atoms with Crippen LogP contribution in [-0.2, 0) is 27.2 Å². The van der Waals surface area contributed by atoms with Crippen molar-refractivity contribution in [3.8, 4) is 0 Å². The number of hydrogen-bond acceptors (Lipinski definition) is 6. The highest BCUT2D eigenvalue weighted by molar-refractivity contribution is 7.17. The summed E-state index contributed by atoms with van der Waals surface area (Å²) in [6, 6.07) is 0. The molecule has 1 saturated heterocycles. The Morgan fingerprint density at radius 3 is 3.05 bits per heavy atom. The van der Waals surface area contributed by atoms with Gasteiger partial charge in [0.05, 0.1) is 12.7 Å². The van der Waals surface area contributed by atoms with E-state index in [2.05, 4.69) is 10.6 Å². The van der Waals surface area contributed by atoms with Crippen LogP contribution in [0.2, 0.25) is 0 Å². The summed E-state index contributed by atoms with van der Waals surface area (Å²) < 4.78 is 10.3. The van der Waals surface area contributed by atoms with Crippen molar-refractivity contribution < 1.29 is 19.1 Å². The number of fused-ring (bicyclic) bond motifs is 1. The lowest BCUT2D eigenvalue weighted by Crippen LogP contribution is -2.27. The molecule has 2 aliphatic heterocycles. The average Bonchev–Trinajstić information content (AvgIpc) is 3.13. The first kappa shape index (κ1) is 14.5. The molecule has 0 aliphatic carbocycles. The Labute approximate surface area is 126 Å². The Balaban J connectivity index is 1.88. The lowest BCUT2D eigenvalue weighted by Gasteiger charge is -2.13. The van der Waals surface area contributed by atoms with E-state index in [9.17, 15) is 9.59 Å². The second kappa shape index (κ2) is 6.13. The number of nitrogens with one attached hydrogen (secondary N) is 2. The van der Waals surface area contributed by atoms with Gasteiger partial charge in [-0.2, -0.15) is 0 Å². The van der Waals surface area contributed by atoms with Crippen LogP contribution in [-0.4, -0.2) is 38.2 Å². The molecule has 1 aromatic heterocycles. The largest absolute Gasteiger partial charge is 0.465 e.